The molecule has 0 fully saturated rings. The molecule has 2 aromatic carbocycles. The number of ketones is 1. The third-order valence-corrected chi connectivity index (χ3v) is 4.49. The van der Waals surface area contributed by atoms with Crippen LogP contribution in [0.5, 0.6) is 0 Å². The number of benzene rings is 2. The van der Waals surface area contributed by atoms with E-state index < -0.39 is 0 Å². The van der Waals surface area contributed by atoms with E-state index in [-0.39, 0.29) is 16.5 Å². The Balaban J connectivity index is 2.03. The van der Waals surface area contributed by atoms with Gasteiger partial charge >= 0.3 is 0 Å². The zero-order chi connectivity index (χ0) is 16.1. The Kier molecular flexibility index (Phi) is 5.91. The molecule has 0 spiro atoms. The Morgan fingerprint density at radius 3 is 2.64 bits per heavy atom. The van der Waals surface area contributed by atoms with Crippen LogP contribution in [0.25, 0.3) is 10.8 Å². The Labute approximate surface area is 144 Å². The van der Waals surface area contributed by atoms with Crippen LogP contribution in [-0.4, -0.2) is 22.3 Å². The molecule has 2 rings (SSSR count). The molecule has 0 aliphatic carbocycles. The van der Waals surface area contributed by atoms with Crippen molar-refractivity contribution in [2.45, 2.75) is 18.2 Å². The quantitative estimate of drug-likeness (QED) is 0.457. The summed E-state index contributed by atoms with van der Waals surface area (Å²) in [5.41, 5.74) is 6.15. The molecule has 5 heteroatoms. The van der Waals surface area contributed by atoms with Crippen LogP contribution in [-0.2, 0) is 0 Å². The maximum Gasteiger partial charge on any atom is 0.176 e. The number of carbonyl (C=O) groups is 1. The number of nitrogens with one attached hydrogen (secondary N) is 1. The van der Waals surface area contributed by atoms with Gasteiger partial charge in [-0.1, -0.05) is 59.3 Å². The van der Waals surface area contributed by atoms with Gasteiger partial charge < -0.3 is 11.1 Å². The van der Waals surface area contributed by atoms with E-state index in [9.17, 15) is 4.79 Å². The average Bonchev–Trinajstić information content (AvgIpc) is 2.51. The number of Topliss-reactive ketones (excluding diaryl/α,β-unsaturated/α-hetero) is 1. The molecule has 2 atom stereocenters. The largest absolute Gasteiger partial charge is 0.376 e. The molecular formula is C17H19BrN2OS. The number of nitrogens with two attached hydrogens (primary N) is 1. The Morgan fingerprint density at radius 2 is 1.95 bits per heavy atom. The molecule has 0 saturated carbocycles. The van der Waals surface area contributed by atoms with E-state index in [4.69, 9.17) is 18.0 Å². The van der Waals surface area contributed by atoms with E-state index in [1.807, 2.05) is 42.5 Å². The molecule has 0 aliphatic heterocycles. The lowest BCUT2D eigenvalue weighted by atomic mass is 9.98. The van der Waals surface area contributed by atoms with Crippen LogP contribution in [0.15, 0.2) is 42.5 Å². The fraction of sp³-hybridized carbons (Fsp3) is 0.294. The van der Waals surface area contributed by atoms with Crippen molar-refractivity contribution in [1.82, 2.24) is 5.32 Å². The minimum absolute atomic E-state index is 0.105. The molecule has 0 bridgehead atoms. The number of halogens is 1. The first kappa shape index (κ1) is 16.9. The minimum Gasteiger partial charge on any atom is -0.376 e. The highest BCUT2D eigenvalue weighted by Gasteiger charge is 2.19. The van der Waals surface area contributed by atoms with Crippen molar-refractivity contribution in [2.75, 3.05) is 6.54 Å². The molecule has 0 amide bonds. The Bertz CT molecular complexity index is 689. The van der Waals surface area contributed by atoms with Gasteiger partial charge in [0.1, 0.15) is 0 Å². The minimum atomic E-state index is -0.211. The van der Waals surface area contributed by atoms with E-state index in [2.05, 4.69) is 28.2 Å². The van der Waals surface area contributed by atoms with Gasteiger partial charge in [0.25, 0.3) is 0 Å². The van der Waals surface area contributed by atoms with E-state index in [1.54, 1.807) is 0 Å². The average molecular weight is 379 g/mol. The molecule has 2 aromatic rings. The first-order valence-electron chi connectivity index (χ1n) is 7.17. The number of hydrogen-bond donors (Lipinski definition) is 2. The first-order valence-corrected chi connectivity index (χ1v) is 8.50. The molecular weight excluding hydrogens is 360 g/mol. The number of hydrogen-bond acceptors (Lipinski definition) is 2. The van der Waals surface area contributed by atoms with Crippen molar-refractivity contribution in [3.63, 3.8) is 0 Å². The molecule has 0 aliphatic rings. The van der Waals surface area contributed by atoms with Gasteiger partial charge in [0.05, 0.1) is 4.83 Å². The summed E-state index contributed by atoms with van der Waals surface area (Å²) in [4.78, 5) is 12.3. The molecule has 116 valence electrons. The number of alkyl halides is 1. The van der Waals surface area contributed by atoms with Crippen molar-refractivity contribution >= 4 is 49.8 Å². The molecule has 22 heavy (non-hydrogen) atoms. The van der Waals surface area contributed by atoms with Crippen molar-refractivity contribution < 1.29 is 4.79 Å². The van der Waals surface area contributed by atoms with Gasteiger partial charge in [0.2, 0.25) is 0 Å². The summed E-state index contributed by atoms with van der Waals surface area (Å²) in [5, 5.41) is 5.44. The van der Waals surface area contributed by atoms with Crippen LogP contribution in [0.3, 0.4) is 0 Å². The van der Waals surface area contributed by atoms with Gasteiger partial charge in [-0.3, -0.25) is 4.79 Å². The SMILES string of the molecule is CC(CNC(N)=S)CC(Br)C(=O)c1ccc2ccccc2c1. The number of rotatable bonds is 6. The van der Waals surface area contributed by atoms with E-state index >= 15 is 0 Å². The van der Waals surface area contributed by atoms with Crippen LogP contribution in [0.2, 0.25) is 0 Å². The smallest absolute Gasteiger partial charge is 0.176 e. The molecule has 0 aromatic heterocycles. The Morgan fingerprint density at radius 1 is 1.27 bits per heavy atom. The maximum absolute atomic E-state index is 12.5. The number of fused-ring (bicyclic) bond motifs is 1. The van der Waals surface area contributed by atoms with Gasteiger partial charge in [-0.25, -0.2) is 0 Å². The predicted octanol–water partition coefficient (Wildman–Crippen LogP) is 3.65. The van der Waals surface area contributed by atoms with Gasteiger partial charge in [0.15, 0.2) is 10.9 Å². The van der Waals surface area contributed by atoms with E-state index in [0.29, 0.717) is 11.7 Å². The zero-order valence-electron chi connectivity index (χ0n) is 12.4. The van der Waals surface area contributed by atoms with Crippen LogP contribution in [0, 0.1) is 5.92 Å². The highest BCUT2D eigenvalue weighted by atomic mass is 79.9. The second-order valence-corrected chi connectivity index (χ2v) is 7.02. The fourth-order valence-electron chi connectivity index (χ4n) is 2.34. The van der Waals surface area contributed by atoms with Gasteiger partial charge in [-0.15, -0.1) is 0 Å². The summed E-state index contributed by atoms with van der Waals surface area (Å²) in [6.45, 7) is 2.73. The summed E-state index contributed by atoms with van der Waals surface area (Å²) in [5.74, 6) is 0.392. The van der Waals surface area contributed by atoms with Crippen molar-refractivity contribution in [3.05, 3.63) is 48.0 Å². The zero-order valence-corrected chi connectivity index (χ0v) is 14.8. The van der Waals surface area contributed by atoms with Crippen molar-refractivity contribution in [1.29, 1.82) is 0 Å². The second-order valence-electron chi connectivity index (χ2n) is 5.48. The third kappa shape index (κ3) is 4.52. The topological polar surface area (TPSA) is 55.1 Å². The normalized spacial score (nSPS) is 13.5. The molecule has 3 N–H and O–H groups in total. The van der Waals surface area contributed by atoms with Gasteiger partial charge in [-0.2, -0.15) is 0 Å². The summed E-state index contributed by atoms with van der Waals surface area (Å²) in [7, 11) is 0. The van der Waals surface area contributed by atoms with Crippen molar-refractivity contribution in [3.8, 4) is 0 Å². The highest BCUT2D eigenvalue weighted by Crippen LogP contribution is 2.21. The highest BCUT2D eigenvalue weighted by molar-refractivity contribution is 9.10. The van der Waals surface area contributed by atoms with Crippen LogP contribution < -0.4 is 11.1 Å². The lowest BCUT2D eigenvalue weighted by Gasteiger charge is -2.16. The van der Waals surface area contributed by atoms with Crippen LogP contribution >= 0.6 is 28.1 Å². The van der Waals surface area contributed by atoms with Crippen LogP contribution in [0.4, 0.5) is 0 Å². The monoisotopic (exact) mass is 378 g/mol. The van der Waals surface area contributed by atoms with Gasteiger partial charge in [0, 0.05) is 12.1 Å². The van der Waals surface area contributed by atoms with E-state index in [0.717, 1.165) is 22.8 Å². The first-order chi connectivity index (χ1) is 10.5. The standard InChI is InChI=1S/C17H19BrN2OS/c1-11(10-20-17(19)22)8-15(18)16(21)14-7-6-12-4-2-3-5-13(12)9-14/h2-7,9,11,15H,8,10H2,1H3,(H3,19,20,22). The van der Waals surface area contributed by atoms with Crippen LogP contribution in [0.1, 0.15) is 23.7 Å². The second kappa shape index (κ2) is 7.70. The van der Waals surface area contributed by atoms with Gasteiger partial charge in [-0.05, 0) is 41.4 Å². The molecule has 2 unspecified atom stereocenters. The summed E-state index contributed by atoms with van der Waals surface area (Å²) >= 11 is 8.30. The number of thiocarbonyl (C=S) groups is 1. The molecule has 3 nitrogen and oxygen atoms in total. The molecule has 0 saturated heterocycles. The summed E-state index contributed by atoms with van der Waals surface area (Å²) in [6.07, 6.45) is 0.723. The fourth-order valence-corrected chi connectivity index (χ4v) is 3.33. The summed E-state index contributed by atoms with van der Waals surface area (Å²) in [6, 6.07) is 13.9. The predicted molar refractivity (Wildman–Crippen MR) is 99.6 cm³/mol. The Hall–Kier alpha value is -1.46. The molecule has 0 heterocycles. The number of carbonyl (C=O) groups excluding carboxylic acids is 1. The van der Waals surface area contributed by atoms with Crippen molar-refractivity contribution in [2.24, 2.45) is 11.7 Å². The summed E-state index contributed by atoms with van der Waals surface area (Å²) < 4.78 is 0. The van der Waals surface area contributed by atoms with E-state index in [1.165, 1.54) is 0 Å². The third-order valence-electron chi connectivity index (χ3n) is 3.55. The lowest BCUT2D eigenvalue weighted by molar-refractivity contribution is 0.0984. The maximum atomic E-state index is 12.5. The lowest BCUT2D eigenvalue weighted by Crippen LogP contribution is -2.33. The molecule has 0 radical (unpaired) electrons.